The van der Waals surface area contributed by atoms with E-state index in [4.69, 9.17) is 0 Å². The number of benzene rings is 2. The molecule has 1 aliphatic rings. The lowest BCUT2D eigenvalue weighted by molar-refractivity contribution is 0.566. The Morgan fingerprint density at radius 2 is 1.65 bits per heavy atom. The number of hydrogen-bond donors (Lipinski definition) is 1. The second-order valence-electron chi connectivity index (χ2n) is 5.92. The second-order valence-corrected chi connectivity index (χ2v) is 7.72. The first-order valence-electron chi connectivity index (χ1n) is 7.97. The van der Waals surface area contributed by atoms with Gasteiger partial charge in [-0.3, -0.25) is 0 Å². The van der Waals surface area contributed by atoms with Crippen molar-refractivity contribution in [2.75, 3.05) is 18.0 Å². The standard InChI is InChI=1S/C18H22N2O2S/c21-23(22,15-16-8-3-1-4-9-16)19-14-18-12-7-13-20(18)17-10-5-2-6-11-17/h1-6,8-11,18-19H,7,12-15H2/t18-/m1/s1. The van der Waals surface area contributed by atoms with Gasteiger partial charge in [0, 0.05) is 24.8 Å². The highest BCUT2D eigenvalue weighted by Crippen LogP contribution is 2.24. The van der Waals surface area contributed by atoms with Gasteiger partial charge in [0.25, 0.3) is 0 Å². The molecule has 2 aromatic rings. The van der Waals surface area contributed by atoms with Gasteiger partial charge in [0.1, 0.15) is 0 Å². The molecule has 3 rings (SSSR count). The third kappa shape index (κ3) is 4.33. The quantitative estimate of drug-likeness (QED) is 0.886. The second kappa shape index (κ2) is 7.15. The van der Waals surface area contributed by atoms with Crippen LogP contribution in [0.2, 0.25) is 0 Å². The molecular formula is C18H22N2O2S. The van der Waals surface area contributed by atoms with Gasteiger partial charge in [-0.25, -0.2) is 13.1 Å². The number of sulfonamides is 1. The molecule has 0 unspecified atom stereocenters. The van der Waals surface area contributed by atoms with Crippen LogP contribution >= 0.6 is 0 Å². The van der Waals surface area contributed by atoms with Crippen LogP contribution in [0.4, 0.5) is 5.69 Å². The molecule has 0 aliphatic carbocycles. The van der Waals surface area contributed by atoms with Crippen molar-refractivity contribution in [3.05, 3.63) is 66.2 Å². The van der Waals surface area contributed by atoms with E-state index in [0.29, 0.717) is 6.54 Å². The van der Waals surface area contributed by atoms with Crippen molar-refractivity contribution >= 4 is 15.7 Å². The number of nitrogens with zero attached hydrogens (tertiary/aromatic N) is 1. The van der Waals surface area contributed by atoms with Gasteiger partial charge >= 0.3 is 0 Å². The van der Waals surface area contributed by atoms with Crippen molar-refractivity contribution in [1.82, 2.24) is 4.72 Å². The first kappa shape index (κ1) is 16.0. The molecule has 1 saturated heterocycles. The lowest BCUT2D eigenvalue weighted by Crippen LogP contribution is -2.40. The predicted molar refractivity (Wildman–Crippen MR) is 93.9 cm³/mol. The molecular weight excluding hydrogens is 308 g/mol. The molecule has 5 heteroatoms. The summed E-state index contributed by atoms with van der Waals surface area (Å²) < 4.78 is 27.3. The number of anilines is 1. The van der Waals surface area contributed by atoms with Gasteiger partial charge in [-0.05, 0) is 30.5 Å². The smallest absolute Gasteiger partial charge is 0.215 e. The van der Waals surface area contributed by atoms with Gasteiger partial charge in [-0.1, -0.05) is 48.5 Å². The minimum atomic E-state index is -3.30. The zero-order valence-corrected chi connectivity index (χ0v) is 13.9. The van der Waals surface area contributed by atoms with Crippen molar-refractivity contribution < 1.29 is 8.42 Å². The molecule has 1 aliphatic heterocycles. The molecule has 0 radical (unpaired) electrons. The summed E-state index contributed by atoms with van der Waals surface area (Å²) in [6.07, 6.45) is 2.11. The zero-order chi connectivity index (χ0) is 16.1. The summed E-state index contributed by atoms with van der Waals surface area (Å²) in [7, 11) is -3.30. The van der Waals surface area contributed by atoms with Crippen LogP contribution in [0.3, 0.4) is 0 Å². The molecule has 1 fully saturated rings. The molecule has 23 heavy (non-hydrogen) atoms. The largest absolute Gasteiger partial charge is 0.367 e. The third-order valence-electron chi connectivity index (χ3n) is 4.20. The zero-order valence-electron chi connectivity index (χ0n) is 13.1. The maximum absolute atomic E-state index is 12.3. The van der Waals surface area contributed by atoms with E-state index in [0.717, 1.165) is 30.6 Å². The molecule has 1 atom stereocenters. The summed E-state index contributed by atoms with van der Waals surface area (Å²) >= 11 is 0. The van der Waals surface area contributed by atoms with Gasteiger partial charge in [-0.2, -0.15) is 0 Å². The fourth-order valence-electron chi connectivity index (χ4n) is 3.08. The van der Waals surface area contributed by atoms with Crippen molar-refractivity contribution in [3.8, 4) is 0 Å². The van der Waals surface area contributed by atoms with Crippen molar-refractivity contribution in [1.29, 1.82) is 0 Å². The van der Waals surface area contributed by atoms with Gasteiger partial charge < -0.3 is 4.90 Å². The van der Waals surface area contributed by atoms with Gasteiger partial charge in [0.15, 0.2) is 0 Å². The fourth-order valence-corrected chi connectivity index (χ4v) is 4.25. The summed E-state index contributed by atoms with van der Waals surface area (Å²) in [6, 6.07) is 19.7. The average Bonchev–Trinajstić information content (AvgIpc) is 3.03. The SMILES string of the molecule is O=S(=O)(Cc1ccccc1)NC[C@H]1CCCN1c1ccccc1. The van der Waals surface area contributed by atoms with Crippen LogP contribution in [-0.4, -0.2) is 27.5 Å². The Labute approximate surface area is 138 Å². The molecule has 0 bridgehead atoms. The van der Waals surface area contributed by atoms with Crippen LogP contribution in [0.1, 0.15) is 18.4 Å². The molecule has 1 heterocycles. The van der Waals surface area contributed by atoms with E-state index >= 15 is 0 Å². The Hall–Kier alpha value is -1.85. The Morgan fingerprint density at radius 1 is 1.00 bits per heavy atom. The molecule has 0 spiro atoms. The molecule has 0 amide bonds. The third-order valence-corrected chi connectivity index (χ3v) is 5.52. The maximum Gasteiger partial charge on any atom is 0.215 e. The van der Waals surface area contributed by atoms with Crippen LogP contribution in [0.5, 0.6) is 0 Å². The first-order chi connectivity index (χ1) is 11.1. The number of para-hydroxylation sites is 1. The van der Waals surface area contributed by atoms with Crippen molar-refractivity contribution in [2.24, 2.45) is 0 Å². The maximum atomic E-state index is 12.3. The van der Waals surface area contributed by atoms with E-state index in [1.807, 2.05) is 48.5 Å². The van der Waals surface area contributed by atoms with E-state index in [2.05, 4.69) is 21.8 Å². The van der Waals surface area contributed by atoms with Gasteiger partial charge in [0.05, 0.1) is 5.75 Å². The number of rotatable bonds is 6. The predicted octanol–water partition coefficient (Wildman–Crippen LogP) is 2.78. The normalized spacial score (nSPS) is 18.3. The molecule has 2 aromatic carbocycles. The van der Waals surface area contributed by atoms with Crippen LogP contribution in [0, 0.1) is 0 Å². The van der Waals surface area contributed by atoms with Gasteiger partial charge in [-0.15, -0.1) is 0 Å². The van der Waals surface area contributed by atoms with E-state index in [9.17, 15) is 8.42 Å². The van der Waals surface area contributed by atoms with E-state index < -0.39 is 10.0 Å². The summed E-state index contributed by atoms with van der Waals surface area (Å²) in [4.78, 5) is 2.30. The summed E-state index contributed by atoms with van der Waals surface area (Å²) in [5.74, 6) is 0.0336. The molecule has 1 N–H and O–H groups in total. The highest BCUT2D eigenvalue weighted by atomic mass is 32.2. The highest BCUT2D eigenvalue weighted by molar-refractivity contribution is 7.88. The molecule has 0 aromatic heterocycles. The lowest BCUT2D eigenvalue weighted by Gasteiger charge is -2.27. The van der Waals surface area contributed by atoms with Crippen LogP contribution < -0.4 is 9.62 Å². The van der Waals surface area contributed by atoms with Crippen molar-refractivity contribution in [3.63, 3.8) is 0 Å². The van der Waals surface area contributed by atoms with E-state index in [-0.39, 0.29) is 11.8 Å². The Kier molecular flexibility index (Phi) is 4.98. The van der Waals surface area contributed by atoms with Crippen molar-refractivity contribution in [2.45, 2.75) is 24.6 Å². The van der Waals surface area contributed by atoms with Crippen LogP contribution in [0.25, 0.3) is 0 Å². The number of hydrogen-bond acceptors (Lipinski definition) is 3. The summed E-state index contributed by atoms with van der Waals surface area (Å²) in [5.41, 5.74) is 1.98. The van der Waals surface area contributed by atoms with Gasteiger partial charge in [0.2, 0.25) is 10.0 Å². The average molecular weight is 330 g/mol. The molecule has 0 saturated carbocycles. The number of nitrogens with one attached hydrogen (secondary N) is 1. The molecule has 4 nitrogen and oxygen atoms in total. The van der Waals surface area contributed by atoms with Crippen LogP contribution in [-0.2, 0) is 15.8 Å². The Bertz CT molecular complexity index is 717. The summed E-state index contributed by atoms with van der Waals surface area (Å²) in [5, 5.41) is 0. The highest BCUT2D eigenvalue weighted by Gasteiger charge is 2.26. The Balaban J connectivity index is 1.61. The monoisotopic (exact) mass is 330 g/mol. The molecule has 122 valence electrons. The minimum Gasteiger partial charge on any atom is -0.367 e. The topological polar surface area (TPSA) is 49.4 Å². The minimum absolute atomic E-state index is 0.0336. The first-order valence-corrected chi connectivity index (χ1v) is 9.62. The van der Waals surface area contributed by atoms with E-state index in [1.54, 1.807) is 0 Å². The van der Waals surface area contributed by atoms with E-state index in [1.165, 1.54) is 0 Å². The van der Waals surface area contributed by atoms with Crippen LogP contribution in [0.15, 0.2) is 60.7 Å². The summed E-state index contributed by atoms with van der Waals surface area (Å²) in [6.45, 7) is 1.44. The fraction of sp³-hybridized carbons (Fsp3) is 0.333. The lowest BCUT2D eigenvalue weighted by atomic mass is 10.2. The Morgan fingerprint density at radius 3 is 2.35 bits per heavy atom.